The average Bonchev–Trinajstić information content (AvgIpc) is 0.811. The Morgan fingerprint density at radius 2 is 1.33 bits per heavy atom. The topological polar surface area (TPSA) is 63.2 Å². The largest absolute Gasteiger partial charge is 2.00 e. The van der Waals surface area contributed by atoms with E-state index in [1.54, 1.807) is 0 Å². The molecular weight excluding hydrogens is 274 g/mol. The minimum atomic E-state index is -2.33. The first kappa shape index (κ1) is 15.8. The average molecular weight is 274 g/mol. The molecule has 3 nitrogen and oxygen atoms in total. The molecule has 0 saturated carbocycles. The molecule has 5 heteroatoms. The Morgan fingerprint density at radius 1 is 1.33 bits per heavy atom. The standard InChI is InChI=1S/CH2O3.Li.Pb/c2-1(3)4;;/h(H2,2,3,4);;/q;+1;+2/p-2. The van der Waals surface area contributed by atoms with Crippen molar-refractivity contribution in [3.63, 3.8) is 0 Å². The van der Waals surface area contributed by atoms with Gasteiger partial charge in [0.25, 0.3) is 0 Å². The molecule has 0 bridgehead atoms. The van der Waals surface area contributed by atoms with Crippen LogP contribution in [0.5, 0.6) is 0 Å². The number of rotatable bonds is 0. The van der Waals surface area contributed by atoms with E-state index in [9.17, 15) is 0 Å². The normalized spacial score (nSPS) is 4.00. The smallest absolute Gasteiger partial charge is 0.652 e. The number of carbonyl (C=O) groups excluding carboxylic acids is 1. The van der Waals surface area contributed by atoms with Gasteiger partial charge in [-0.15, -0.1) is 0 Å². The predicted molar refractivity (Wildman–Crippen MR) is 11.1 cm³/mol. The summed E-state index contributed by atoms with van der Waals surface area (Å²) in [5.41, 5.74) is 0. The van der Waals surface area contributed by atoms with Gasteiger partial charge in [-0.3, -0.25) is 0 Å². The molecule has 2 radical (unpaired) electrons. The Balaban J connectivity index is -0.0000000450. The zero-order valence-corrected chi connectivity index (χ0v) is 7.11. The van der Waals surface area contributed by atoms with E-state index in [0.29, 0.717) is 0 Å². The maximum atomic E-state index is 8.33. The summed E-state index contributed by atoms with van der Waals surface area (Å²) >= 11 is 0. The molecule has 0 N–H and O–H groups in total. The quantitative estimate of drug-likeness (QED) is 0.413. The molecule has 0 aliphatic rings. The number of carboxylic acid groups (broad SMARTS) is 2. The second-order valence-electron chi connectivity index (χ2n) is 0.250. The molecule has 0 atom stereocenters. The molecule has 0 rings (SSSR count). The van der Waals surface area contributed by atoms with Gasteiger partial charge >= 0.3 is 46.2 Å². The summed E-state index contributed by atoms with van der Waals surface area (Å²) in [5.74, 6) is 0. The fourth-order valence-corrected chi connectivity index (χ4v) is 0. The Kier molecular flexibility index (Phi) is 24.4. The van der Waals surface area contributed by atoms with E-state index in [4.69, 9.17) is 15.0 Å². The van der Waals surface area contributed by atoms with Gasteiger partial charge in [-0.05, 0) is 6.16 Å². The van der Waals surface area contributed by atoms with Crippen LogP contribution in [0.25, 0.3) is 0 Å². The fraction of sp³-hybridized carbons (Fsp3) is 0. The van der Waals surface area contributed by atoms with Gasteiger partial charge in [-0.25, -0.2) is 0 Å². The van der Waals surface area contributed by atoms with Gasteiger partial charge < -0.3 is 15.0 Å². The van der Waals surface area contributed by atoms with Gasteiger partial charge in [0.2, 0.25) is 0 Å². The molecular formula is CLiO3Pb+. The van der Waals surface area contributed by atoms with Crippen molar-refractivity contribution < 1.29 is 33.9 Å². The van der Waals surface area contributed by atoms with Crippen molar-refractivity contribution in [2.24, 2.45) is 0 Å². The molecule has 6 heavy (non-hydrogen) atoms. The van der Waals surface area contributed by atoms with Crippen molar-refractivity contribution >= 4 is 33.5 Å². The molecule has 0 fully saturated rings. The van der Waals surface area contributed by atoms with Gasteiger partial charge in [0, 0.05) is 0 Å². The van der Waals surface area contributed by atoms with Gasteiger partial charge in [-0.1, -0.05) is 0 Å². The summed E-state index contributed by atoms with van der Waals surface area (Å²) in [5, 5.41) is 16.7. The van der Waals surface area contributed by atoms with Crippen molar-refractivity contribution in [1.82, 2.24) is 0 Å². The van der Waals surface area contributed by atoms with Crippen LogP contribution in [-0.2, 0) is 0 Å². The maximum absolute atomic E-state index is 8.33. The number of hydrogen-bond acceptors (Lipinski definition) is 3. The van der Waals surface area contributed by atoms with Crippen LogP contribution in [-0.4, -0.2) is 33.5 Å². The fourth-order valence-electron chi connectivity index (χ4n) is 0. The van der Waals surface area contributed by atoms with Gasteiger partial charge in [0.1, 0.15) is 0 Å². The molecule has 26 valence electrons. The van der Waals surface area contributed by atoms with Crippen molar-refractivity contribution in [2.75, 3.05) is 0 Å². The summed E-state index contributed by atoms with van der Waals surface area (Å²) in [7, 11) is 0. The summed E-state index contributed by atoms with van der Waals surface area (Å²) in [4.78, 5) is 8.33. The van der Waals surface area contributed by atoms with E-state index in [1.165, 1.54) is 0 Å². The summed E-state index contributed by atoms with van der Waals surface area (Å²) in [6.07, 6.45) is -2.33. The van der Waals surface area contributed by atoms with E-state index < -0.39 is 6.16 Å². The Hall–Kier alpha value is 0.789. The molecule has 0 unspecified atom stereocenters. The van der Waals surface area contributed by atoms with Crippen LogP contribution in [0.15, 0.2) is 0 Å². The summed E-state index contributed by atoms with van der Waals surface area (Å²) < 4.78 is 0. The molecule has 0 saturated heterocycles. The Labute approximate surface area is 67.1 Å². The van der Waals surface area contributed by atoms with Crippen molar-refractivity contribution in [3.8, 4) is 0 Å². The molecule has 0 aromatic rings. The molecule has 0 heterocycles. The number of carbonyl (C=O) groups is 1. The minimum Gasteiger partial charge on any atom is -0.652 e. The van der Waals surface area contributed by atoms with E-state index in [-0.39, 0.29) is 46.2 Å². The van der Waals surface area contributed by atoms with Crippen molar-refractivity contribution in [3.05, 3.63) is 0 Å². The number of hydrogen-bond donors (Lipinski definition) is 0. The van der Waals surface area contributed by atoms with Crippen LogP contribution in [0.2, 0.25) is 0 Å². The molecule has 0 aliphatic carbocycles. The van der Waals surface area contributed by atoms with Crippen LogP contribution in [0, 0.1) is 0 Å². The maximum Gasteiger partial charge on any atom is 2.00 e. The molecule has 0 amide bonds. The first-order valence-electron chi connectivity index (χ1n) is 0.612. The predicted octanol–water partition coefficient (Wildman–Crippen LogP) is -5.82. The Morgan fingerprint density at radius 3 is 1.33 bits per heavy atom. The second kappa shape index (κ2) is 9.25. The Bertz CT molecular complexity index is 33.8. The van der Waals surface area contributed by atoms with E-state index in [1.807, 2.05) is 0 Å². The van der Waals surface area contributed by atoms with Crippen molar-refractivity contribution in [2.45, 2.75) is 0 Å². The minimum absolute atomic E-state index is 0. The third-order valence-electron chi connectivity index (χ3n) is 0. The van der Waals surface area contributed by atoms with Gasteiger partial charge in [0.15, 0.2) is 0 Å². The first-order valence-corrected chi connectivity index (χ1v) is 0.612. The van der Waals surface area contributed by atoms with Crippen LogP contribution in [0.1, 0.15) is 0 Å². The zero-order chi connectivity index (χ0) is 3.58. The van der Waals surface area contributed by atoms with Crippen LogP contribution >= 0.6 is 0 Å². The summed E-state index contributed by atoms with van der Waals surface area (Å²) in [6, 6.07) is 0. The third-order valence-corrected chi connectivity index (χ3v) is 0. The molecule has 0 spiro atoms. The zero-order valence-electron chi connectivity index (χ0n) is 3.22. The molecule has 0 aromatic heterocycles. The van der Waals surface area contributed by atoms with E-state index in [2.05, 4.69) is 0 Å². The second-order valence-corrected chi connectivity index (χ2v) is 0.250. The first-order chi connectivity index (χ1) is 1.73. The van der Waals surface area contributed by atoms with Crippen LogP contribution in [0.4, 0.5) is 4.79 Å². The third kappa shape index (κ3) is 110. The van der Waals surface area contributed by atoms with Crippen LogP contribution in [0.3, 0.4) is 0 Å². The monoisotopic (exact) mass is 275 g/mol. The van der Waals surface area contributed by atoms with Crippen LogP contribution < -0.4 is 29.1 Å². The molecule has 0 aromatic carbocycles. The van der Waals surface area contributed by atoms with Gasteiger partial charge in [-0.2, -0.15) is 0 Å². The van der Waals surface area contributed by atoms with E-state index in [0.717, 1.165) is 0 Å². The molecule has 0 aliphatic heterocycles. The van der Waals surface area contributed by atoms with E-state index >= 15 is 0 Å². The van der Waals surface area contributed by atoms with Crippen molar-refractivity contribution in [1.29, 1.82) is 0 Å². The SMILES string of the molecule is O=C([O-])[O-].[Li+].[Pb+2]. The van der Waals surface area contributed by atoms with Gasteiger partial charge in [0.05, 0.1) is 0 Å². The summed E-state index contributed by atoms with van der Waals surface area (Å²) in [6.45, 7) is 0.